The smallest absolute Gasteiger partial charge is 0.0931 e. The molecule has 1 aromatic rings. The van der Waals surface area contributed by atoms with Gasteiger partial charge < -0.3 is 5.73 Å². The molecule has 0 spiro atoms. The normalized spacial score (nSPS) is 13.4. The molecule has 1 heterocycles. The molecule has 4 heteroatoms. The van der Waals surface area contributed by atoms with Gasteiger partial charge in [0.2, 0.25) is 0 Å². The zero-order chi connectivity index (χ0) is 8.27. The second kappa shape index (κ2) is 4.36. The Morgan fingerprint density at radius 2 is 2.45 bits per heavy atom. The van der Waals surface area contributed by atoms with Crippen LogP contribution < -0.4 is 5.73 Å². The zero-order valence-electron chi connectivity index (χ0n) is 6.21. The first kappa shape index (κ1) is 9.39. The molecule has 0 bridgehead atoms. The van der Waals surface area contributed by atoms with E-state index in [1.807, 2.05) is 12.1 Å². The van der Waals surface area contributed by atoms with Gasteiger partial charge in [0, 0.05) is 16.7 Å². The van der Waals surface area contributed by atoms with Gasteiger partial charge in [-0.15, -0.1) is 11.3 Å². The SMILES string of the molecule is CSCC(N)c1ccc(Cl)s1. The van der Waals surface area contributed by atoms with E-state index >= 15 is 0 Å². The number of thioether (sulfide) groups is 1. The van der Waals surface area contributed by atoms with Crippen molar-refractivity contribution in [2.45, 2.75) is 6.04 Å². The van der Waals surface area contributed by atoms with E-state index in [1.54, 1.807) is 23.1 Å². The van der Waals surface area contributed by atoms with Gasteiger partial charge in [-0.05, 0) is 18.4 Å². The molecular weight excluding hydrogens is 198 g/mol. The van der Waals surface area contributed by atoms with Gasteiger partial charge in [-0.2, -0.15) is 11.8 Å². The first-order chi connectivity index (χ1) is 5.24. The highest BCUT2D eigenvalue weighted by molar-refractivity contribution is 7.98. The number of nitrogens with two attached hydrogens (primary N) is 1. The van der Waals surface area contributed by atoms with Crippen LogP contribution in [0.15, 0.2) is 12.1 Å². The Morgan fingerprint density at radius 3 is 2.91 bits per heavy atom. The van der Waals surface area contributed by atoms with Gasteiger partial charge in [-0.1, -0.05) is 11.6 Å². The van der Waals surface area contributed by atoms with Crippen molar-refractivity contribution >= 4 is 34.7 Å². The Kier molecular flexibility index (Phi) is 3.72. The zero-order valence-corrected chi connectivity index (χ0v) is 8.60. The Labute approximate surface area is 79.9 Å². The standard InChI is InChI=1S/C7H10ClNS2/c1-10-4-5(9)6-2-3-7(8)11-6/h2-3,5H,4,9H2,1H3. The summed E-state index contributed by atoms with van der Waals surface area (Å²) in [7, 11) is 0. The summed E-state index contributed by atoms with van der Waals surface area (Å²) in [6.45, 7) is 0. The molecule has 0 radical (unpaired) electrons. The van der Waals surface area contributed by atoms with Crippen molar-refractivity contribution < 1.29 is 0 Å². The first-order valence-electron chi connectivity index (χ1n) is 3.24. The first-order valence-corrected chi connectivity index (χ1v) is 5.82. The third kappa shape index (κ3) is 2.67. The average molecular weight is 208 g/mol. The maximum Gasteiger partial charge on any atom is 0.0931 e. The summed E-state index contributed by atoms with van der Waals surface area (Å²) >= 11 is 9.08. The molecule has 1 unspecified atom stereocenters. The molecule has 0 amide bonds. The van der Waals surface area contributed by atoms with Gasteiger partial charge in [0.15, 0.2) is 0 Å². The summed E-state index contributed by atoms with van der Waals surface area (Å²) in [5.41, 5.74) is 5.85. The van der Waals surface area contributed by atoms with Gasteiger partial charge in [0.1, 0.15) is 0 Å². The molecule has 0 aromatic carbocycles. The van der Waals surface area contributed by atoms with E-state index in [0.717, 1.165) is 10.1 Å². The molecule has 1 nitrogen and oxygen atoms in total. The van der Waals surface area contributed by atoms with E-state index in [1.165, 1.54) is 4.88 Å². The maximum absolute atomic E-state index is 5.85. The van der Waals surface area contributed by atoms with Gasteiger partial charge >= 0.3 is 0 Å². The van der Waals surface area contributed by atoms with Crippen LogP contribution in [0.2, 0.25) is 4.34 Å². The molecule has 1 atom stereocenters. The summed E-state index contributed by atoms with van der Waals surface area (Å²) in [5, 5.41) is 0. The lowest BCUT2D eigenvalue weighted by Gasteiger charge is -2.05. The Hall–Kier alpha value is 0.300. The van der Waals surface area contributed by atoms with Crippen molar-refractivity contribution in [3.63, 3.8) is 0 Å². The molecule has 0 aliphatic heterocycles. The lowest BCUT2D eigenvalue weighted by atomic mass is 10.3. The van der Waals surface area contributed by atoms with Crippen molar-refractivity contribution in [2.75, 3.05) is 12.0 Å². The number of halogens is 1. The molecule has 11 heavy (non-hydrogen) atoms. The minimum atomic E-state index is 0.141. The van der Waals surface area contributed by atoms with E-state index in [4.69, 9.17) is 17.3 Å². The topological polar surface area (TPSA) is 26.0 Å². The Balaban J connectivity index is 2.60. The van der Waals surface area contributed by atoms with Gasteiger partial charge in [0.05, 0.1) is 4.34 Å². The second-order valence-corrected chi connectivity index (χ2v) is 4.86. The predicted molar refractivity (Wildman–Crippen MR) is 54.6 cm³/mol. The van der Waals surface area contributed by atoms with Crippen molar-refractivity contribution in [1.82, 2.24) is 0 Å². The summed E-state index contributed by atoms with van der Waals surface area (Å²) in [5.74, 6) is 0.955. The molecule has 62 valence electrons. The fraction of sp³-hybridized carbons (Fsp3) is 0.429. The van der Waals surface area contributed by atoms with Crippen LogP contribution in [0.4, 0.5) is 0 Å². The van der Waals surface area contributed by atoms with E-state index < -0.39 is 0 Å². The van der Waals surface area contributed by atoms with Crippen LogP contribution in [-0.2, 0) is 0 Å². The van der Waals surface area contributed by atoms with E-state index in [-0.39, 0.29) is 6.04 Å². The predicted octanol–water partition coefficient (Wildman–Crippen LogP) is 2.76. The third-order valence-electron chi connectivity index (χ3n) is 1.31. The molecule has 0 aliphatic rings. The quantitative estimate of drug-likeness (QED) is 0.825. The van der Waals surface area contributed by atoms with Crippen LogP contribution in [0.1, 0.15) is 10.9 Å². The summed E-state index contributed by atoms with van der Waals surface area (Å²) < 4.78 is 0.816. The summed E-state index contributed by atoms with van der Waals surface area (Å²) in [6, 6.07) is 4.03. The highest BCUT2D eigenvalue weighted by atomic mass is 35.5. The van der Waals surface area contributed by atoms with Crippen LogP contribution in [-0.4, -0.2) is 12.0 Å². The van der Waals surface area contributed by atoms with Gasteiger partial charge in [0.25, 0.3) is 0 Å². The highest BCUT2D eigenvalue weighted by Crippen LogP contribution is 2.26. The number of rotatable bonds is 3. The van der Waals surface area contributed by atoms with E-state index in [9.17, 15) is 0 Å². The molecular formula is C7H10ClNS2. The molecule has 0 aliphatic carbocycles. The van der Waals surface area contributed by atoms with Crippen LogP contribution in [0, 0.1) is 0 Å². The molecule has 1 rings (SSSR count). The molecule has 1 aromatic heterocycles. The molecule has 2 N–H and O–H groups in total. The highest BCUT2D eigenvalue weighted by Gasteiger charge is 2.06. The van der Waals surface area contributed by atoms with Gasteiger partial charge in [-0.3, -0.25) is 0 Å². The van der Waals surface area contributed by atoms with Crippen molar-refractivity contribution in [3.8, 4) is 0 Å². The lowest BCUT2D eigenvalue weighted by molar-refractivity contribution is 0.853. The number of thiophene rings is 1. The fourth-order valence-corrected chi connectivity index (χ4v) is 2.50. The summed E-state index contributed by atoms with van der Waals surface area (Å²) in [4.78, 5) is 1.17. The third-order valence-corrected chi connectivity index (χ3v) is 3.36. The fourth-order valence-electron chi connectivity index (χ4n) is 0.789. The number of hydrogen-bond donors (Lipinski definition) is 1. The van der Waals surface area contributed by atoms with Crippen molar-refractivity contribution in [2.24, 2.45) is 5.73 Å². The minimum absolute atomic E-state index is 0.141. The van der Waals surface area contributed by atoms with E-state index in [2.05, 4.69) is 6.26 Å². The average Bonchev–Trinajstić information content (AvgIpc) is 2.36. The summed E-state index contributed by atoms with van der Waals surface area (Å²) in [6.07, 6.45) is 2.05. The van der Waals surface area contributed by atoms with Crippen LogP contribution >= 0.6 is 34.7 Å². The molecule has 0 saturated carbocycles. The maximum atomic E-state index is 5.85. The lowest BCUT2D eigenvalue weighted by Crippen LogP contribution is -2.10. The van der Waals surface area contributed by atoms with Crippen LogP contribution in [0.5, 0.6) is 0 Å². The van der Waals surface area contributed by atoms with Crippen molar-refractivity contribution in [3.05, 3.63) is 21.3 Å². The minimum Gasteiger partial charge on any atom is -0.323 e. The number of hydrogen-bond acceptors (Lipinski definition) is 3. The molecule has 0 saturated heterocycles. The van der Waals surface area contributed by atoms with Crippen LogP contribution in [0.3, 0.4) is 0 Å². The Bertz CT molecular complexity index is 224. The van der Waals surface area contributed by atoms with Crippen molar-refractivity contribution in [1.29, 1.82) is 0 Å². The van der Waals surface area contributed by atoms with Gasteiger partial charge in [-0.25, -0.2) is 0 Å². The van der Waals surface area contributed by atoms with Crippen LogP contribution in [0.25, 0.3) is 0 Å². The van der Waals surface area contributed by atoms with E-state index in [0.29, 0.717) is 0 Å². The largest absolute Gasteiger partial charge is 0.323 e. The monoisotopic (exact) mass is 207 g/mol. The Morgan fingerprint density at radius 1 is 1.73 bits per heavy atom. The second-order valence-electron chi connectivity index (χ2n) is 2.20. The molecule has 0 fully saturated rings.